The lowest BCUT2D eigenvalue weighted by atomic mass is 10.4. The van der Waals surface area contributed by atoms with Crippen molar-refractivity contribution in [3.63, 3.8) is 0 Å². The van der Waals surface area contributed by atoms with Crippen LogP contribution in [-0.4, -0.2) is 32.7 Å². The molecule has 0 spiro atoms. The van der Waals surface area contributed by atoms with Crippen molar-refractivity contribution in [3.8, 4) is 5.69 Å². The second-order valence-electron chi connectivity index (χ2n) is 3.68. The molecule has 0 saturated heterocycles. The number of amides is 1. The first-order chi connectivity index (χ1) is 8.79. The van der Waals surface area contributed by atoms with Gasteiger partial charge in [0.05, 0.1) is 30.0 Å². The van der Waals surface area contributed by atoms with Crippen LogP contribution in [0.1, 0.15) is 6.42 Å². The van der Waals surface area contributed by atoms with Gasteiger partial charge in [0.1, 0.15) is 0 Å². The van der Waals surface area contributed by atoms with Crippen LogP contribution in [0.4, 0.5) is 5.69 Å². The monoisotopic (exact) mass is 262 g/mol. The van der Waals surface area contributed by atoms with Gasteiger partial charge in [-0.15, -0.1) is 0 Å². The minimum Gasteiger partial charge on any atom is -0.323 e. The van der Waals surface area contributed by atoms with Gasteiger partial charge >= 0.3 is 0 Å². The second kappa shape index (κ2) is 6.20. The highest BCUT2D eigenvalue weighted by atomic mass is 32.2. The number of hydrogen-bond donors (Lipinski definition) is 1. The molecule has 0 aliphatic rings. The van der Waals surface area contributed by atoms with Crippen molar-refractivity contribution in [3.05, 3.63) is 36.9 Å². The molecule has 1 amide bonds. The fourth-order valence-electron chi connectivity index (χ4n) is 1.44. The van der Waals surface area contributed by atoms with Crippen molar-refractivity contribution in [2.75, 3.05) is 17.3 Å². The summed E-state index contributed by atoms with van der Waals surface area (Å²) in [5, 5.41) is 6.99. The Morgan fingerprint density at radius 3 is 3.11 bits per heavy atom. The fraction of sp³-hybridized carbons (Fsp3) is 0.250. The minimum atomic E-state index is 0.00934. The van der Waals surface area contributed by atoms with Gasteiger partial charge in [0.2, 0.25) is 5.91 Å². The van der Waals surface area contributed by atoms with Crippen LogP contribution in [0.15, 0.2) is 36.9 Å². The highest BCUT2D eigenvalue weighted by Crippen LogP contribution is 2.10. The number of carbonyl (C=O) groups is 1. The maximum atomic E-state index is 11.5. The van der Waals surface area contributed by atoms with Gasteiger partial charge in [-0.05, 0) is 18.4 Å². The van der Waals surface area contributed by atoms with E-state index >= 15 is 0 Å². The number of hydrogen-bond acceptors (Lipinski definition) is 4. The molecule has 0 atom stereocenters. The molecule has 2 aromatic rings. The Morgan fingerprint density at radius 1 is 1.50 bits per heavy atom. The van der Waals surface area contributed by atoms with E-state index in [1.807, 2.05) is 18.4 Å². The molecule has 2 rings (SSSR count). The van der Waals surface area contributed by atoms with Crippen molar-refractivity contribution in [1.82, 2.24) is 14.8 Å². The first kappa shape index (κ1) is 12.6. The van der Waals surface area contributed by atoms with Crippen molar-refractivity contribution in [1.29, 1.82) is 0 Å². The summed E-state index contributed by atoms with van der Waals surface area (Å²) in [6.07, 6.45) is 9.31. The lowest BCUT2D eigenvalue weighted by molar-refractivity contribution is -0.115. The summed E-state index contributed by atoms with van der Waals surface area (Å²) in [6.45, 7) is 0. The van der Waals surface area contributed by atoms with Crippen molar-refractivity contribution in [2.24, 2.45) is 0 Å². The quantitative estimate of drug-likeness (QED) is 0.894. The van der Waals surface area contributed by atoms with E-state index in [0.29, 0.717) is 12.1 Å². The van der Waals surface area contributed by atoms with E-state index in [9.17, 15) is 4.79 Å². The van der Waals surface area contributed by atoms with Crippen molar-refractivity contribution < 1.29 is 4.79 Å². The average molecular weight is 262 g/mol. The van der Waals surface area contributed by atoms with Crippen LogP contribution in [0, 0.1) is 0 Å². The van der Waals surface area contributed by atoms with E-state index in [-0.39, 0.29) is 5.91 Å². The molecule has 0 bridgehead atoms. The van der Waals surface area contributed by atoms with E-state index in [1.54, 1.807) is 41.2 Å². The summed E-state index contributed by atoms with van der Waals surface area (Å²) in [4.78, 5) is 15.6. The molecular weight excluding hydrogens is 248 g/mol. The van der Waals surface area contributed by atoms with Gasteiger partial charge in [0, 0.05) is 18.4 Å². The highest BCUT2D eigenvalue weighted by Gasteiger charge is 2.05. The van der Waals surface area contributed by atoms with Gasteiger partial charge in [-0.25, -0.2) is 4.68 Å². The zero-order valence-electron chi connectivity index (χ0n) is 10.0. The number of nitrogens with zero attached hydrogens (tertiary/aromatic N) is 3. The Hall–Kier alpha value is -1.82. The topological polar surface area (TPSA) is 59.8 Å². The molecule has 0 saturated carbocycles. The molecule has 1 N–H and O–H groups in total. The first-order valence-corrected chi connectivity index (χ1v) is 6.93. The van der Waals surface area contributed by atoms with Crippen molar-refractivity contribution >= 4 is 23.4 Å². The Balaban J connectivity index is 2.00. The van der Waals surface area contributed by atoms with Crippen LogP contribution in [0.25, 0.3) is 5.69 Å². The molecule has 94 valence electrons. The number of anilines is 1. The number of thioether (sulfide) groups is 1. The van der Waals surface area contributed by atoms with Crippen LogP contribution in [-0.2, 0) is 4.79 Å². The summed E-state index contributed by atoms with van der Waals surface area (Å²) >= 11 is 1.65. The first-order valence-electron chi connectivity index (χ1n) is 5.53. The van der Waals surface area contributed by atoms with E-state index in [1.165, 1.54) is 0 Å². The molecule has 18 heavy (non-hydrogen) atoms. The van der Waals surface area contributed by atoms with Gasteiger partial charge in [0.15, 0.2) is 0 Å². The molecule has 2 aromatic heterocycles. The van der Waals surface area contributed by atoms with E-state index in [0.717, 1.165) is 11.4 Å². The SMILES string of the molecule is CSCCC(=O)Nc1cnn(-c2cccnc2)c1. The van der Waals surface area contributed by atoms with Crippen LogP contribution in [0.3, 0.4) is 0 Å². The lowest BCUT2D eigenvalue weighted by Crippen LogP contribution is -2.11. The molecule has 0 aliphatic heterocycles. The molecule has 0 fully saturated rings. The zero-order chi connectivity index (χ0) is 12.8. The fourth-order valence-corrected chi connectivity index (χ4v) is 1.83. The van der Waals surface area contributed by atoms with Crippen LogP contribution in [0.2, 0.25) is 0 Å². The van der Waals surface area contributed by atoms with Crippen LogP contribution in [0.5, 0.6) is 0 Å². The standard InChI is InChI=1S/C12H14N4OS/c1-18-6-4-12(17)15-10-7-14-16(9-10)11-3-2-5-13-8-11/h2-3,5,7-9H,4,6H2,1H3,(H,15,17). The van der Waals surface area contributed by atoms with Crippen molar-refractivity contribution in [2.45, 2.75) is 6.42 Å². The third-order valence-corrected chi connectivity index (χ3v) is 2.92. The molecular formula is C12H14N4OS. The summed E-state index contributed by atoms with van der Waals surface area (Å²) in [7, 11) is 0. The zero-order valence-corrected chi connectivity index (χ0v) is 10.9. The molecule has 0 unspecified atom stereocenters. The Bertz CT molecular complexity index is 512. The summed E-state index contributed by atoms with van der Waals surface area (Å²) in [5.41, 5.74) is 1.56. The van der Waals surface area contributed by atoms with Gasteiger partial charge in [-0.3, -0.25) is 9.78 Å². The molecule has 0 aliphatic carbocycles. The molecule has 6 heteroatoms. The van der Waals surface area contributed by atoms with E-state index < -0.39 is 0 Å². The smallest absolute Gasteiger partial charge is 0.225 e. The van der Waals surface area contributed by atoms with Gasteiger partial charge < -0.3 is 5.32 Å². The Labute approximate surface area is 110 Å². The number of pyridine rings is 1. The Morgan fingerprint density at radius 2 is 2.39 bits per heavy atom. The summed E-state index contributed by atoms with van der Waals surface area (Å²) in [6, 6.07) is 3.74. The van der Waals surface area contributed by atoms with E-state index in [4.69, 9.17) is 0 Å². The average Bonchev–Trinajstić information content (AvgIpc) is 2.86. The predicted molar refractivity (Wildman–Crippen MR) is 73.0 cm³/mol. The van der Waals surface area contributed by atoms with Crippen LogP contribution >= 0.6 is 11.8 Å². The predicted octanol–water partition coefficient (Wildman–Crippen LogP) is 1.96. The summed E-state index contributed by atoms with van der Waals surface area (Å²) in [5.74, 6) is 0.831. The maximum Gasteiger partial charge on any atom is 0.225 e. The normalized spacial score (nSPS) is 10.3. The number of rotatable bonds is 5. The number of carbonyl (C=O) groups excluding carboxylic acids is 1. The third kappa shape index (κ3) is 3.33. The molecule has 0 radical (unpaired) electrons. The van der Waals surface area contributed by atoms with Gasteiger partial charge in [-0.2, -0.15) is 16.9 Å². The van der Waals surface area contributed by atoms with Gasteiger partial charge in [-0.1, -0.05) is 0 Å². The Kier molecular flexibility index (Phi) is 4.35. The second-order valence-corrected chi connectivity index (χ2v) is 4.66. The summed E-state index contributed by atoms with van der Waals surface area (Å²) < 4.78 is 1.68. The number of aromatic nitrogens is 3. The minimum absolute atomic E-state index is 0.00934. The largest absolute Gasteiger partial charge is 0.323 e. The molecule has 5 nitrogen and oxygen atoms in total. The van der Waals surface area contributed by atoms with Gasteiger partial charge in [0.25, 0.3) is 0 Å². The van der Waals surface area contributed by atoms with Crippen LogP contribution < -0.4 is 5.32 Å². The maximum absolute atomic E-state index is 11.5. The highest BCUT2D eigenvalue weighted by molar-refractivity contribution is 7.98. The number of nitrogens with one attached hydrogen (secondary N) is 1. The lowest BCUT2D eigenvalue weighted by Gasteiger charge is -2.01. The third-order valence-electron chi connectivity index (χ3n) is 2.31. The van der Waals surface area contributed by atoms with E-state index in [2.05, 4.69) is 15.4 Å². The molecule has 0 aromatic carbocycles. The molecule has 2 heterocycles.